The number of carbonyl (C=O) groups excluding carboxylic acids is 3. The van der Waals surface area contributed by atoms with Crippen molar-refractivity contribution in [2.24, 2.45) is 0 Å². The molecule has 1 aliphatic heterocycles. The molecule has 2 aromatic rings. The highest BCUT2D eigenvalue weighted by Gasteiger charge is 2.27. The first-order valence-electron chi connectivity index (χ1n) is 8.38. The fourth-order valence-corrected chi connectivity index (χ4v) is 3.33. The molecule has 6 nitrogen and oxygen atoms in total. The van der Waals surface area contributed by atoms with Crippen LogP contribution in [0, 0.1) is 0 Å². The molecule has 0 saturated carbocycles. The van der Waals surface area contributed by atoms with Gasteiger partial charge in [0.2, 0.25) is 5.91 Å². The summed E-state index contributed by atoms with van der Waals surface area (Å²) >= 11 is 12.0. The van der Waals surface area contributed by atoms with Crippen molar-refractivity contribution in [3.8, 4) is 0 Å². The Bertz CT molecular complexity index is 902. The molecule has 8 heteroatoms. The first-order chi connectivity index (χ1) is 13.0. The standard InChI is InChI=1S/C19H17Cl2N3O3/c20-13-6-5-12(15(21)11-13)7-9-22-18(26)14-3-1-2-4-16(14)24-10-8-17(25)23-19(24)27/h1-6,11H,7-10H2,(H,22,26)(H,23,25,27). The predicted molar refractivity (Wildman–Crippen MR) is 104 cm³/mol. The molecule has 1 heterocycles. The smallest absolute Gasteiger partial charge is 0.328 e. The molecular formula is C19H17Cl2N3O3. The summed E-state index contributed by atoms with van der Waals surface area (Å²) in [6.07, 6.45) is 0.735. The minimum absolute atomic E-state index is 0.191. The van der Waals surface area contributed by atoms with E-state index in [-0.39, 0.29) is 24.8 Å². The highest BCUT2D eigenvalue weighted by atomic mass is 35.5. The van der Waals surface area contributed by atoms with E-state index < -0.39 is 6.03 Å². The molecule has 0 aliphatic carbocycles. The van der Waals surface area contributed by atoms with Crippen molar-refractivity contribution in [1.29, 1.82) is 0 Å². The summed E-state index contributed by atoms with van der Waals surface area (Å²) in [6.45, 7) is 0.606. The van der Waals surface area contributed by atoms with E-state index in [1.54, 1.807) is 36.4 Å². The number of rotatable bonds is 5. The first-order valence-corrected chi connectivity index (χ1v) is 9.14. The molecule has 27 heavy (non-hydrogen) atoms. The normalized spacial score (nSPS) is 14.1. The summed E-state index contributed by atoms with van der Waals surface area (Å²) in [5, 5.41) is 6.20. The maximum Gasteiger partial charge on any atom is 0.328 e. The largest absolute Gasteiger partial charge is 0.352 e. The lowest BCUT2D eigenvalue weighted by Crippen LogP contribution is -2.50. The van der Waals surface area contributed by atoms with Crippen LogP contribution in [0.4, 0.5) is 10.5 Å². The van der Waals surface area contributed by atoms with Crippen LogP contribution in [0.25, 0.3) is 0 Å². The summed E-state index contributed by atoms with van der Waals surface area (Å²) in [5.41, 5.74) is 1.71. The molecule has 4 amide bonds. The van der Waals surface area contributed by atoms with Crippen LogP contribution < -0.4 is 15.5 Å². The maximum atomic E-state index is 12.6. The van der Waals surface area contributed by atoms with Crippen LogP contribution >= 0.6 is 23.2 Å². The van der Waals surface area contributed by atoms with Gasteiger partial charge in [-0.05, 0) is 36.2 Å². The number of hydrogen-bond acceptors (Lipinski definition) is 3. The molecule has 1 saturated heterocycles. The lowest BCUT2D eigenvalue weighted by molar-refractivity contribution is -0.120. The SMILES string of the molecule is O=C1CCN(c2ccccc2C(=O)NCCc2ccc(Cl)cc2Cl)C(=O)N1. The van der Waals surface area contributed by atoms with Gasteiger partial charge in [-0.15, -0.1) is 0 Å². The molecule has 1 fully saturated rings. The van der Waals surface area contributed by atoms with Crippen molar-refractivity contribution in [2.75, 3.05) is 18.0 Å². The van der Waals surface area contributed by atoms with Gasteiger partial charge in [-0.2, -0.15) is 0 Å². The Kier molecular flexibility index (Phi) is 5.98. The van der Waals surface area contributed by atoms with E-state index in [0.717, 1.165) is 5.56 Å². The van der Waals surface area contributed by atoms with Gasteiger partial charge in [0.05, 0.1) is 11.3 Å². The zero-order valence-corrected chi connectivity index (χ0v) is 15.8. The number of benzene rings is 2. The van der Waals surface area contributed by atoms with E-state index in [4.69, 9.17) is 23.2 Å². The summed E-state index contributed by atoms with van der Waals surface area (Å²) in [7, 11) is 0. The van der Waals surface area contributed by atoms with Crippen molar-refractivity contribution in [2.45, 2.75) is 12.8 Å². The number of carbonyl (C=O) groups is 3. The fourth-order valence-electron chi connectivity index (χ4n) is 2.83. The average Bonchev–Trinajstić information content (AvgIpc) is 2.63. The van der Waals surface area contributed by atoms with E-state index in [1.165, 1.54) is 4.90 Å². The molecule has 0 atom stereocenters. The Morgan fingerprint density at radius 3 is 2.67 bits per heavy atom. The molecule has 1 aliphatic rings. The van der Waals surface area contributed by atoms with Gasteiger partial charge in [0.15, 0.2) is 0 Å². The number of amides is 4. The lowest BCUT2D eigenvalue weighted by Gasteiger charge is -2.28. The molecule has 0 unspecified atom stereocenters. The molecule has 140 valence electrons. The predicted octanol–water partition coefficient (Wildman–Crippen LogP) is 3.41. The second kappa shape index (κ2) is 8.41. The van der Waals surface area contributed by atoms with E-state index in [9.17, 15) is 14.4 Å². The number of urea groups is 1. The number of nitrogens with zero attached hydrogens (tertiary/aromatic N) is 1. The Morgan fingerprint density at radius 2 is 1.93 bits per heavy atom. The van der Waals surface area contributed by atoms with Gasteiger partial charge >= 0.3 is 6.03 Å². The van der Waals surface area contributed by atoms with Crippen LogP contribution in [0.2, 0.25) is 10.0 Å². The molecule has 3 rings (SSSR count). The van der Waals surface area contributed by atoms with Gasteiger partial charge in [0.25, 0.3) is 5.91 Å². The van der Waals surface area contributed by atoms with Crippen LogP contribution in [0.15, 0.2) is 42.5 Å². The summed E-state index contributed by atoms with van der Waals surface area (Å²) in [5.74, 6) is -0.626. The number of para-hydroxylation sites is 1. The van der Waals surface area contributed by atoms with Gasteiger partial charge in [-0.25, -0.2) is 4.79 Å². The summed E-state index contributed by atoms with van der Waals surface area (Å²) in [6, 6.07) is 11.5. The molecular weight excluding hydrogens is 389 g/mol. The Morgan fingerprint density at radius 1 is 1.15 bits per heavy atom. The second-order valence-corrected chi connectivity index (χ2v) is 6.86. The minimum atomic E-state index is -0.528. The van der Waals surface area contributed by atoms with Gasteiger partial charge < -0.3 is 5.32 Å². The van der Waals surface area contributed by atoms with Crippen LogP contribution in [0.3, 0.4) is 0 Å². The molecule has 2 aromatic carbocycles. The number of halogens is 2. The minimum Gasteiger partial charge on any atom is -0.352 e. The molecule has 2 N–H and O–H groups in total. The van der Waals surface area contributed by atoms with E-state index in [1.807, 2.05) is 6.07 Å². The van der Waals surface area contributed by atoms with Crippen molar-refractivity contribution in [1.82, 2.24) is 10.6 Å². The first kappa shape index (κ1) is 19.2. The average molecular weight is 406 g/mol. The third kappa shape index (κ3) is 4.59. The number of nitrogens with one attached hydrogen (secondary N) is 2. The van der Waals surface area contributed by atoms with E-state index in [2.05, 4.69) is 10.6 Å². The maximum absolute atomic E-state index is 12.6. The topological polar surface area (TPSA) is 78.5 Å². The third-order valence-corrected chi connectivity index (χ3v) is 4.78. The Balaban J connectivity index is 1.68. The van der Waals surface area contributed by atoms with Crippen molar-refractivity contribution in [3.63, 3.8) is 0 Å². The van der Waals surface area contributed by atoms with Crippen LogP contribution in [0.5, 0.6) is 0 Å². The Hall–Kier alpha value is -2.57. The zero-order valence-electron chi connectivity index (χ0n) is 14.3. The number of imide groups is 1. The zero-order chi connectivity index (χ0) is 19.4. The van der Waals surface area contributed by atoms with Gasteiger partial charge in [-0.3, -0.25) is 19.8 Å². The lowest BCUT2D eigenvalue weighted by atomic mass is 10.1. The van der Waals surface area contributed by atoms with Gasteiger partial charge in [-0.1, -0.05) is 41.4 Å². The van der Waals surface area contributed by atoms with Crippen LogP contribution in [0.1, 0.15) is 22.3 Å². The quantitative estimate of drug-likeness (QED) is 0.799. The fraction of sp³-hybridized carbons (Fsp3) is 0.211. The highest BCUT2D eigenvalue weighted by Crippen LogP contribution is 2.23. The molecule has 0 aromatic heterocycles. The summed E-state index contributed by atoms with van der Waals surface area (Å²) in [4.78, 5) is 37.4. The molecule has 0 bridgehead atoms. The third-order valence-electron chi connectivity index (χ3n) is 4.19. The highest BCUT2D eigenvalue weighted by molar-refractivity contribution is 6.35. The van der Waals surface area contributed by atoms with Crippen molar-refractivity contribution in [3.05, 3.63) is 63.6 Å². The van der Waals surface area contributed by atoms with Crippen molar-refractivity contribution < 1.29 is 14.4 Å². The van der Waals surface area contributed by atoms with Gasteiger partial charge in [0.1, 0.15) is 0 Å². The molecule has 0 spiro atoms. The van der Waals surface area contributed by atoms with Crippen LogP contribution in [-0.4, -0.2) is 30.9 Å². The monoisotopic (exact) mass is 405 g/mol. The van der Waals surface area contributed by atoms with Crippen LogP contribution in [-0.2, 0) is 11.2 Å². The van der Waals surface area contributed by atoms with E-state index in [0.29, 0.717) is 34.3 Å². The number of hydrogen-bond donors (Lipinski definition) is 2. The number of anilines is 1. The van der Waals surface area contributed by atoms with E-state index >= 15 is 0 Å². The molecule has 0 radical (unpaired) electrons. The second-order valence-electron chi connectivity index (χ2n) is 6.01. The summed E-state index contributed by atoms with van der Waals surface area (Å²) < 4.78 is 0. The van der Waals surface area contributed by atoms with Gasteiger partial charge in [0, 0.05) is 29.6 Å². The van der Waals surface area contributed by atoms with Crippen molar-refractivity contribution >= 4 is 46.7 Å². The Labute approximate surface area is 166 Å².